The Morgan fingerprint density at radius 1 is 1.29 bits per heavy atom. The van der Waals surface area contributed by atoms with Crippen molar-refractivity contribution < 1.29 is 9.59 Å². The molecular weight excluding hydrogens is 264 g/mol. The molecule has 2 aliphatic rings. The molecule has 3 atom stereocenters. The van der Waals surface area contributed by atoms with Crippen molar-refractivity contribution in [2.75, 3.05) is 6.54 Å². The Labute approximate surface area is 127 Å². The fourth-order valence-corrected chi connectivity index (χ4v) is 2.84. The zero-order chi connectivity index (χ0) is 15.2. The third-order valence-electron chi connectivity index (χ3n) is 4.60. The van der Waals surface area contributed by atoms with E-state index in [9.17, 15) is 9.59 Å². The summed E-state index contributed by atoms with van der Waals surface area (Å²) in [5, 5.41) is 5.94. The monoisotopic (exact) mass is 292 g/mol. The molecule has 0 aromatic heterocycles. The summed E-state index contributed by atoms with van der Waals surface area (Å²) in [7, 11) is 0. The van der Waals surface area contributed by atoms with Gasteiger partial charge in [0.05, 0.1) is 11.8 Å². The van der Waals surface area contributed by atoms with Crippen molar-refractivity contribution in [3.8, 4) is 0 Å². The van der Waals surface area contributed by atoms with E-state index in [1.54, 1.807) is 0 Å². The second-order valence-electron chi connectivity index (χ2n) is 6.42. The lowest BCUT2D eigenvalue weighted by atomic mass is 9.97. The topological polar surface area (TPSA) is 58.2 Å². The third kappa shape index (κ3) is 4.87. The third-order valence-corrected chi connectivity index (χ3v) is 4.60. The summed E-state index contributed by atoms with van der Waals surface area (Å²) in [6.45, 7) is 4.75. The quantitative estimate of drug-likeness (QED) is 0.708. The van der Waals surface area contributed by atoms with Crippen molar-refractivity contribution >= 4 is 11.8 Å². The summed E-state index contributed by atoms with van der Waals surface area (Å²) in [6.07, 6.45) is 9.84. The van der Waals surface area contributed by atoms with Crippen LogP contribution in [-0.4, -0.2) is 24.4 Å². The molecule has 2 aliphatic carbocycles. The molecule has 1 saturated carbocycles. The molecule has 4 nitrogen and oxygen atoms in total. The largest absolute Gasteiger partial charge is 0.356 e. The van der Waals surface area contributed by atoms with E-state index in [2.05, 4.69) is 16.7 Å². The number of rotatable bonds is 7. The van der Waals surface area contributed by atoms with Gasteiger partial charge < -0.3 is 10.6 Å². The van der Waals surface area contributed by atoms with E-state index in [0.29, 0.717) is 13.0 Å². The lowest BCUT2D eigenvalue weighted by Crippen LogP contribution is -2.35. The molecule has 118 valence electrons. The average molecular weight is 292 g/mol. The summed E-state index contributed by atoms with van der Waals surface area (Å²) < 4.78 is 0. The SMILES string of the molecule is CCC(C)NC(=O)C1CC1C(=O)NCCC1=CCCCC1. The Bertz CT molecular complexity index is 417. The van der Waals surface area contributed by atoms with Gasteiger partial charge in [-0.15, -0.1) is 0 Å². The molecule has 2 amide bonds. The Morgan fingerprint density at radius 2 is 2.05 bits per heavy atom. The van der Waals surface area contributed by atoms with Crippen LogP contribution in [0.3, 0.4) is 0 Å². The lowest BCUT2D eigenvalue weighted by molar-refractivity contribution is -0.127. The number of amides is 2. The molecule has 0 radical (unpaired) electrons. The minimum atomic E-state index is -0.104. The van der Waals surface area contributed by atoms with E-state index in [1.807, 2.05) is 13.8 Å². The second kappa shape index (κ2) is 7.62. The molecule has 21 heavy (non-hydrogen) atoms. The Hall–Kier alpha value is -1.32. The predicted octanol–water partition coefficient (Wildman–Crippen LogP) is 2.54. The first kappa shape index (κ1) is 16.1. The molecule has 0 aromatic rings. The van der Waals surface area contributed by atoms with Gasteiger partial charge in [0.1, 0.15) is 0 Å². The molecule has 3 unspecified atom stereocenters. The molecule has 4 heteroatoms. The van der Waals surface area contributed by atoms with Gasteiger partial charge in [0.2, 0.25) is 11.8 Å². The Balaban J connectivity index is 1.64. The maximum Gasteiger partial charge on any atom is 0.224 e. The maximum absolute atomic E-state index is 12.0. The van der Waals surface area contributed by atoms with E-state index >= 15 is 0 Å². The van der Waals surface area contributed by atoms with Crippen molar-refractivity contribution in [3.05, 3.63) is 11.6 Å². The molecule has 0 saturated heterocycles. The van der Waals surface area contributed by atoms with E-state index in [1.165, 1.54) is 31.3 Å². The van der Waals surface area contributed by atoms with Gasteiger partial charge in [0.25, 0.3) is 0 Å². The number of hydrogen-bond acceptors (Lipinski definition) is 2. The number of allylic oxidation sites excluding steroid dienone is 1. The normalized spacial score (nSPS) is 25.7. The molecule has 0 aromatic carbocycles. The fraction of sp³-hybridized carbons (Fsp3) is 0.765. The first-order chi connectivity index (χ1) is 10.1. The first-order valence-corrected chi connectivity index (χ1v) is 8.37. The summed E-state index contributed by atoms with van der Waals surface area (Å²) in [5.74, 6) is -0.113. The Kier molecular flexibility index (Phi) is 5.83. The molecule has 1 fully saturated rings. The van der Waals surface area contributed by atoms with Crippen LogP contribution < -0.4 is 10.6 Å². The van der Waals surface area contributed by atoms with Crippen LogP contribution >= 0.6 is 0 Å². The Morgan fingerprint density at radius 3 is 2.71 bits per heavy atom. The predicted molar refractivity (Wildman–Crippen MR) is 83.7 cm³/mol. The molecule has 2 rings (SSSR count). The number of nitrogens with one attached hydrogen (secondary N) is 2. The van der Waals surface area contributed by atoms with Gasteiger partial charge in [-0.05, 0) is 51.9 Å². The van der Waals surface area contributed by atoms with Gasteiger partial charge >= 0.3 is 0 Å². The minimum Gasteiger partial charge on any atom is -0.356 e. The van der Waals surface area contributed by atoms with Crippen LogP contribution in [0.5, 0.6) is 0 Å². The van der Waals surface area contributed by atoms with Crippen LogP contribution in [-0.2, 0) is 9.59 Å². The molecule has 0 spiro atoms. The van der Waals surface area contributed by atoms with Crippen LogP contribution in [0.25, 0.3) is 0 Å². The van der Waals surface area contributed by atoms with Crippen molar-refractivity contribution in [2.45, 2.75) is 64.8 Å². The highest BCUT2D eigenvalue weighted by Gasteiger charge is 2.47. The zero-order valence-corrected chi connectivity index (χ0v) is 13.3. The van der Waals surface area contributed by atoms with Gasteiger partial charge in [-0.3, -0.25) is 9.59 Å². The van der Waals surface area contributed by atoms with Crippen LogP contribution in [0.1, 0.15) is 58.8 Å². The maximum atomic E-state index is 12.0. The fourth-order valence-electron chi connectivity index (χ4n) is 2.84. The van der Waals surface area contributed by atoms with Gasteiger partial charge in [-0.1, -0.05) is 18.6 Å². The average Bonchev–Trinajstić information content (AvgIpc) is 3.28. The molecule has 0 heterocycles. The summed E-state index contributed by atoms with van der Waals surface area (Å²) in [6, 6.07) is 0.194. The van der Waals surface area contributed by atoms with E-state index in [0.717, 1.165) is 12.8 Å². The van der Waals surface area contributed by atoms with Crippen LogP contribution in [0.15, 0.2) is 11.6 Å². The van der Waals surface area contributed by atoms with Crippen molar-refractivity contribution in [2.24, 2.45) is 11.8 Å². The second-order valence-corrected chi connectivity index (χ2v) is 6.42. The molecular formula is C17H28N2O2. The van der Waals surface area contributed by atoms with Crippen LogP contribution in [0.4, 0.5) is 0 Å². The van der Waals surface area contributed by atoms with Crippen molar-refractivity contribution in [1.29, 1.82) is 0 Å². The molecule has 0 aliphatic heterocycles. The molecule has 0 bridgehead atoms. The zero-order valence-electron chi connectivity index (χ0n) is 13.3. The lowest BCUT2D eigenvalue weighted by Gasteiger charge is -2.13. The number of hydrogen-bond donors (Lipinski definition) is 2. The van der Waals surface area contributed by atoms with E-state index in [4.69, 9.17) is 0 Å². The van der Waals surface area contributed by atoms with Crippen LogP contribution in [0, 0.1) is 11.8 Å². The highest BCUT2D eigenvalue weighted by atomic mass is 16.2. The van der Waals surface area contributed by atoms with Crippen LogP contribution in [0.2, 0.25) is 0 Å². The summed E-state index contributed by atoms with van der Waals surface area (Å²) >= 11 is 0. The highest BCUT2D eigenvalue weighted by molar-refractivity contribution is 5.92. The van der Waals surface area contributed by atoms with Gasteiger partial charge in [-0.25, -0.2) is 0 Å². The number of carbonyl (C=O) groups is 2. The smallest absolute Gasteiger partial charge is 0.224 e. The van der Waals surface area contributed by atoms with Gasteiger partial charge in [-0.2, -0.15) is 0 Å². The summed E-state index contributed by atoms with van der Waals surface area (Å²) in [5.41, 5.74) is 1.48. The van der Waals surface area contributed by atoms with E-state index < -0.39 is 0 Å². The number of carbonyl (C=O) groups excluding carboxylic acids is 2. The molecule has 2 N–H and O–H groups in total. The summed E-state index contributed by atoms with van der Waals surface area (Å²) in [4.78, 5) is 23.9. The van der Waals surface area contributed by atoms with Gasteiger partial charge in [0.15, 0.2) is 0 Å². The standard InChI is InChI=1S/C17H28N2O2/c1-3-12(2)19-17(21)15-11-14(15)16(20)18-10-9-13-7-5-4-6-8-13/h7,12,14-15H,3-6,8-11H2,1-2H3,(H,18,20)(H,19,21). The first-order valence-electron chi connectivity index (χ1n) is 8.37. The minimum absolute atomic E-state index is 0.0412. The van der Waals surface area contributed by atoms with E-state index in [-0.39, 0.29) is 29.7 Å². The van der Waals surface area contributed by atoms with Gasteiger partial charge in [0, 0.05) is 12.6 Å². The van der Waals surface area contributed by atoms with Crippen molar-refractivity contribution in [1.82, 2.24) is 10.6 Å². The van der Waals surface area contributed by atoms with Crippen molar-refractivity contribution in [3.63, 3.8) is 0 Å². The highest BCUT2D eigenvalue weighted by Crippen LogP contribution is 2.38.